The van der Waals surface area contributed by atoms with Gasteiger partial charge in [0, 0.05) is 43.8 Å². The van der Waals surface area contributed by atoms with Crippen LogP contribution in [0.15, 0.2) is 63.7 Å². The number of carbonyl (C=O) groups excluding carboxylic acids is 2. The molecule has 2 aromatic carbocycles. The van der Waals surface area contributed by atoms with Crippen LogP contribution in [0, 0.1) is 0 Å². The van der Waals surface area contributed by atoms with Gasteiger partial charge in [-0.3, -0.25) is 23.2 Å². The molecule has 1 aliphatic heterocycles. The number of amides is 1. The van der Waals surface area contributed by atoms with E-state index in [1.54, 1.807) is 31.4 Å². The van der Waals surface area contributed by atoms with E-state index in [2.05, 4.69) is 29.6 Å². The van der Waals surface area contributed by atoms with E-state index < -0.39 is 58.4 Å². The van der Waals surface area contributed by atoms with E-state index in [1.807, 2.05) is 0 Å². The van der Waals surface area contributed by atoms with Gasteiger partial charge >= 0.3 is 21.3 Å². The third-order valence-electron chi connectivity index (χ3n) is 8.54. The second kappa shape index (κ2) is 21.6. The molecule has 1 saturated heterocycles. The van der Waals surface area contributed by atoms with Crippen LogP contribution < -0.4 is 16.7 Å². The van der Waals surface area contributed by atoms with E-state index in [4.69, 9.17) is 29.7 Å². The molecule has 22 nitrogen and oxygen atoms in total. The Morgan fingerprint density at radius 2 is 1.72 bits per heavy atom. The second-order valence-electron chi connectivity index (χ2n) is 12.9. The molecule has 58 heavy (non-hydrogen) atoms. The number of ether oxygens (including phenoxy) is 3. The number of rotatable bonds is 23. The highest BCUT2D eigenvalue weighted by molar-refractivity contribution is 7.46. The number of nitrogen functional groups attached to an aromatic ring is 1. The number of phosphoric acid groups is 2. The number of aromatic hydroxyl groups is 1. The number of Topliss-reactive ketones (excluding diaryl/α,β-unsaturated/α-hetero) is 1. The Labute approximate surface area is 331 Å². The first-order chi connectivity index (χ1) is 27.4. The number of anilines is 1. The molecule has 0 radical (unpaired) electrons. The number of phenols is 1. The molecule has 24 heteroatoms. The molecule has 1 amide bonds. The highest BCUT2D eigenvalue weighted by Gasteiger charge is 2.49. The van der Waals surface area contributed by atoms with E-state index in [0.29, 0.717) is 63.2 Å². The number of nitrogens with one attached hydrogen (secondary N) is 1. The maximum Gasteiger partial charge on any atom is 0.470 e. The zero-order chi connectivity index (χ0) is 42.5. The van der Waals surface area contributed by atoms with Crippen LogP contribution >= 0.6 is 15.6 Å². The molecule has 1 aliphatic rings. The normalized spacial score (nSPS) is 18.5. The predicted molar refractivity (Wildman–Crippen MR) is 202 cm³/mol. The first-order valence-electron chi connectivity index (χ1n) is 17.8. The second-order valence-corrected chi connectivity index (χ2v) is 15.4. The number of aryl methyl sites for hydroxylation is 2. The van der Waals surface area contributed by atoms with Crippen molar-refractivity contribution in [2.24, 2.45) is 10.2 Å². The minimum absolute atomic E-state index is 0.0743. The lowest BCUT2D eigenvalue weighted by atomic mass is 10.0. The lowest BCUT2D eigenvalue weighted by Gasteiger charge is -2.21. The van der Waals surface area contributed by atoms with Crippen LogP contribution in [0.1, 0.15) is 53.4 Å². The van der Waals surface area contributed by atoms with Gasteiger partial charge in [-0.05, 0) is 67.6 Å². The maximum atomic E-state index is 12.8. The fourth-order valence-electron chi connectivity index (χ4n) is 5.66. The molecule has 318 valence electrons. The van der Waals surface area contributed by atoms with Crippen molar-refractivity contribution >= 4 is 44.5 Å². The van der Waals surface area contributed by atoms with Crippen molar-refractivity contribution < 1.29 is 71.8 Å². The number of nitrogens with two attached hydrogens (primary N) is 1. The van der Waals surface area contributed by atoms with Gasteiger partial charge in [0.15, 0.2) is 6.23 Å². The molecule has 0 bridgehead atoms. The summed E-state index contributed by atoms with van der Waals surface area (Å²) in [6.07, 6.45) is -3.51. The van der Waals surface area contributed by atoms with Crippen molar-refractivity contribution in [2.45, 2.75) is 63.1 Å². The molecule has 0 saturated carbocycles. The number of carbonyl (C=O) groups is 2. The van der Waals surface area contributed by atoms with Crippen LogP contribution in [0.5, 0.6) is 5.75 Å². The highest BCUT2D eigenvalue weighted by atomic mass is 31.2. The molecule has 1 fully saturated rings. The van der Waals surface area contributed by atoms with Gasteiger partial charge in [0.1, 0.15) is 41.3 Å². The van der Waals surface area contributed by atoms with Crippen molar-refractivity contribution in [3.63, 3.8) is 0 Å². The molecule has 0 spiro atoms. The number of methoxy groups -OCH3 is 1. The predicted octanol–water partition coefficient (Wildman–Crippen LogP) is 2.10. The van der Waals surface area contributed by atoms with E-state index in [-0.39, 0.29) is 41.6 Å². The summed E-state index contributed by atoms with van der Waals surface area (Å²) < 4.78 is 48.1. The van der Waals surface area contributed by atoms with Crippen molar-refractivity contribution in [3.05, 3.63) is 75.8 Å². The summed E-state index contributed by atoms with van der Waals surface area (Å²) in [5, 5.41) is 32.1. The molecule has 2 heterocycles. The largest absolute Gasteiger partial charge is 0.506 e. The molecule has 0 aliphatic carbocycles. The van der Waals surface area contributed by atoms with Gasteiger partial charge in [-0.2, -0.15) is 10.1 Å². The molecule has 4 atom stereocenters. The summed E-state index contributed by atoms with van der Waals surface area (Å²) in [5.74, 6) is -0.558. The Balaban J connectivity index is 1.28. The fourth-order valence-corrected chi connectivity index (χ4v) is 6.58. The number of hydrogen-bond acceptors (Lipinski definition) is 16. The summed E-state index contributed by atoms with van der Waals surface area (Å²) in [5.41, 5.74) is 7.04. The molecule has 1 aromatic heterocycles. The van der Waals surface area contributed by atoms with E-state index >= 15 is 0 Å². The topological polar surface area (TPSA) is 333 Å². The third kappa shape index (κ3) is 14.8. The molecular weight excluding hydrogens is 810 g/mol. The smallest absolute Gasteiger partial charge is 0.470 e. The van der Waals surface area contributed by atoms with Gasteiger partial charge in [-0.15, -0.1) is 5.11 Å². The number of nitrogens with zero attached hydrogens (tertiary/aromatic N) is 4. The Bertz CT molecular complexity index is 2040. The maximum absolute atomic E-state index is 12.8. The Hall–Kier alpha value is -4.28. The van der Waals surface area contributed by atoms with Crippen LogP contribution in [0.2, 0.25) is 0 Å². The standard InChI is InChI=1S/C34H46N6O16P2/c1-52-16-17-53-15-13-25(41)6-2-4-21-7-12-27(42)26(18-21)39-38-24-10-8-22(9-11-24)32(44)36-14-3-5-23-19-40(34(45)37-31(23)35)33-29(43)30(56-58(49,50)51)28(55-33)20-54-57(46,47)48/h7-12,18-19,28-30,33,42-43H,2-6,13-17,20H2,1H3,(H,36,44)(H2,35,37,45)(H2,46,47,48)(H2,49,50,51)/t28-,29+,30?,33-/m1/s1. The number of hydrogen-bond donors (Lipinski definition) is 8. The van der Waals surface area contributed by atoms with Crippen LogP contribution in [0.3, 0.4) is 0 Å². The van der Waals surface area contributed by atoms with Crippen molar-refractivity contribution in [1.29, 1.82) is 0 Å². The lowest BCUT2D eigenvalue weighted by Crippen LogP contribution is -2.38. The van der Waals surface area contributed by atoms with E-state index in [9.17, 15) is 43.5 Å². The Morgan fingerprint density at radius 1 is 0.983 bits per heavy atom. The summed E-state index contributed by atoms with van der Waals surface area (Å²) in [6, 6.07) is 11.1. The van der Waals surface area contributed by atoms with Crippen molar-refractivity contribution in [2.75, 3.05) is 45.8 Å². The van der Waals surface area contributed by atoms with Gasteiger partial charge < -0.3 is 55.0 Å². The Kier molecular flexibility index (Phi) is 17.3. The quantitative estimate of drug-likeness (QED) is 0.0384. The average molecular weight is 857 g/mol. The number of azo groups is 1. The summed E-state index contributed by atoms with van der Waals surface area (Å²) in [7, 11) is -8.75. The minimum atomic E-state index is -5.26. The van der Waals surface area contributed by atoms with Crippen LogP contribution in [-0.4, -0.2) is 109 Å². The Morgan fingerprint density at radius 3 is 2.41 bits per heavy atom. The van der Waals surface area contributed by atoms with Gasteiger partial charge in [-0.25, -0.2) is 13.9 Å². The van der Waals surface area contributed by atoms with Crippen molar-refractivity contribution in [1.82, 2.24) is 14.9 Å². The van der Waals surface area contributed by atoms with Crippen molar-refractivity contribution in [3.8, 4) is 5.75 Å². The first kappa shape index (κ1) is 46.4. The number of phosphoric ester groups is 2. The fraction of sp³-hybridized carbons (Fsp3) is 0.471. The molecule has 4 rings (SSSR count). The zero-order valence-electron chi connectivity index (χ0n) is 31.2. The minimum Gasteiger partial charge on any atom is -0.506 e. The van der Waals surface area contributed by atoms with Crippen LogP contribution in [0.25, 0.3) is 0 Å². The molecule has 3 aromatic rings. The molecule has 9 N–H and O–H groups in total. The summed E-state index contributed by atoms with van der Waals surface area (Å²) in [6.45, 7) is 0.447. The van der Waals surface area contributed by atoms with Crippen LogP contribution in [0.4, 0.5) is 17.2 Å². The number of aliphatic hydroxyl groups is 1. The summed E-state index contributed by atoms with van der Waals surface area (Å²) >= 11 is 0. The number of aromatic nitrogens is 2. The highest BCUT2D eigenvalue weighted by Crippen LogP contribution is 2.45. The van der Waals surface area contributed by atoms with E-state index in [1.165, 1.54) is 24.4 Å². The van der Waals surface area contributed by atoms with Crippen LogP contribution in [-0.2, 0) is 50.0 Å². The summed E-state index contributed by atoms with van der Waals surface area (Å²) in [4.78, 5) is 78.0. The third-order valence-corrected chi connectivity index (χ3v) is 9.54. The monoisotopic (exact) mass is 856 g/mol. The lowest BCUT2D eigenvalue weighted by molar-refractivity contribution is -0.120. The number of benzene rings is 2. The molecular formula is C34H46N6O16P2. The number of phenolic OH excluding ortho intramolecular Hbond substituents is 1. The van der Waals surface area contributed by atoms with E-state index in [0.717, 1.165) is 10.1 Å². The number of aliphatic hydroxyl groups excluding tert-OH is 1. The van der Waals surface area contributed by atoms with Gasteiger partial charge in [0.2, 0.25) is 0 Å². The first-order valence-corrected chi connectivity index (χ1v) is 20.9. The van der Waals surface area contributed by atoms with Gasteiger partial charge in [-0.1, -0.05) is 6.07 Å². The van der Waals surface area contributed by atoms with Gasteiger partial charge in [0.25, 0.3) is 5.91 Å². The zero-order valence-corrected chi connectivity index (χ0v) is 33.0. The number of ketones is 1. The molecule has 1 unspecified atom stereocenters. The SMILES string of the molecule is COCCOCCC(=O)CCCc1ccc(O)c(N=Nc2ccc(C(=O)NCCCc3cn([C@@H]4O[C@H](COP(=O)(O)O)C(OP(=O)(O)O)[C@@H]4O)c(=O)nc3N)cc2)c1. The van der Waals surface area contributed by atoms with Gasteiger partial charge in [0.05, 0.1) is 32.1 Å². The average Bonchev–Trinajstić information content (AvgIpc) is 3.45.